The molecule has 2 saturated carbocycles. The van der Waals surface area contributed by atoms with Crippen molar-refractivity contribution in [1.82, 2.24) is 14.5 Å². The fraction of sp³-hybridized carbons (Fsp3) is 0.423. The predicted octanol–water partition coefficient (Wildman–Crippen LogP) is 2.21. The van der Waals surface area contributed by atoms with E-state index in [2.05, 4.69) is 10.6 Å². The van der Waals surface area contributed by atoms with Gasteiger partial charge in [0.15, 0.2) is 0 Å². The van der Waals surface area contributed by atoms with Gasteiger partial charge in [-0.15, -0.1) is 0 Å². The lowest BCUT2D eigenvalue weighted by molar-refractivity contribution is -0.143. The Morgan fingerprint density at radius 3 is 2.29 bits per heavy atom. The first kappa shape index (κ1) is 23.1. The Morgan fingerprint density at radius 2 is 1.68 bits per heavy atom. The molecule has 1 saturated heterocycles. The zero-order valence-electron chi connectivity index (χ0n) is 19.5. The number of benzene rings is 2. The lowest BCUT2D eigenvalue weighted by atomic mass is 9.99. The number of amides is 2. The van der Waals surface area contributed by atoms with Gasteiger partial charge in [0.05, 0.1) is 9.71 Å². The van der Waals surface area contributed by atoms with E-state index in [9.17, 15) is 18.9 Å². The Bertz CT molecular complexity index is 1240. The molecule has 3 aliphatic rings. The summed E-state index contributed by atoms with van der Waals surface area (Å²) >= 11 is 0. The van der Waals surface area contributed by atoms with Crippen molar-refractivity contribution < 1.29 is 18.9 Å². The van der Waals surface area contributed by atoms with E-state index in [1.54, 1.807) is 9.80 Å². The first-order valence-corrected chi connectivity index (χ1v) is 13.6. The van der Waals surface area contributed by atoms with Crippen LogP contribution < -0.4 is 4.72 Å². The summed E-state index contributed by atoms with van der Waals surface area (Å²) in [5.41, 5.74) is 2.22. The third-order valence-corrected chi connectivity index (χ3v) is 8.64. The molecule has 1 aliphatic heterocycles. The number of hydrogen-bond donors (Lipinski definition) is 2. The van der Waals surface area contributed by atoms with Crippen LogP contribution in [0.25, 0.3) is 11.1 Å². The van der Waals surface area contributed by atoms with Crippen molar-refractivity contribution in [2.24, 2.45) is 0 Å². The summed E-state index contributed by atoms with van der Waals surface area (Å²) in [6, 6.07) is 13.6. The highest BCUT2D eigenvalue weighted by atomic mass is 32.2. The maximum Gasteiger partial charge on any atom is 0.254 e. The van der Waals surface area contributed by atoms with Gasteiger partial charge in [-0.3, -0.25) is 9.59 Å². The molecule has 0 spiro atoms. The van der Waals surface area contributed by atoms with E-state index in [4.69, 9.17) is 0 Å². The van der Waals surface area contributed by atoms with E-state index in [1.807, 2.05) is 49.4 Å². The van der Waals surface area contributed by atoms with Crippen LogP contribution in [0.4, 0.5) is 0 Å². The molecule has 7 nitrogen and oxygen atoms in total. The predicted molar refractivity (Wildman–Crippen MR) is 133 cm³/mol. The molecule has 2 aromatic carbocycles. The Morgan fingerprint density at radius 1 is 1.03 bits per heavy atom. The van der Waals surface area contributed by atoms with Gasteiger partial charge in [-0.25, -0.2) is 8.93 Å². The van der Waals surface area contributed by atoms with E-state index in [0.717, 1.165) is 29.5 Å². The first-order chi connectivity index (χ1) is 16.2. The number of hydrogen-bond acceptors (Lipinski definition) is 4. The van der Waals surface area contributed by atoms with Crippen molar-refractivity contribution in [3.05, 3.63) is 53.6 Å². The van der Waals surface area contributed by atoms with Crippen LogP contribution in [0.3, 0.4) is 0 Å². The molecule has 5 rings (SSSR count). The molecule has 2 N–H and O–H groups in total. The number of piperazine rings is 1. The smallest absolute Gasteiger partial charge is 0.254 e. The molecule has 0 aromatic heterocycles. The average Bonchev–Trinajstić information content (AvgIpc) is 3.77. The van der Waals surface area contributed by atoms with E-state index in [1.165, 1.54) is 0 Å². The lowest BCUT2D eigenvalue weighted by Gasteiger charge is -2.36. The molecule has 2 aromatic rings. The molecule has 1 atom stereocenters. The summed E-state index contributed by atoms with van der Waals surface area (Å²) in [7, 11) is -2.54. The molecule has 180 valence electrons. The van der Waals surface area contributed by atoms with Gasteiger partial charge >= 0.3 is 0 Å². The Hall–Kier alpha value is -2.68. The summed E-state index contributed by atoms with van der Waals surface area (Å²) in [6.45, 7) is 3.71. The summed E-state index contributed by atoms with van der Waals surface area (Å²) in [4.78, 5) is 29.6. The van der Waals surface area contributed by atoms with Gasteiger partial charge in [0.25, 0.3) is 11.8 Å². The number of carbonyl (C=O) groups is 2. The van der Waals surface area contributed by atoms with Gasteiger partial charge in [0.2, 0.25) is 0 Å². The minimum atomic E-state index is -2.54. The minimum Gasteiger partial charge on any atom is -0.380 e. The van der Waals surface area contributed by atoms with Gasteiger partial charge in [-0.1, -0.05) is 24.3 Å². The van der Waals surface area contributed by atoms with Crippen LogP contribution >= 0.6 is 0 Å². The number of nitrogens with one attached hydrogen (secondary N) is 1. The van der Waals surface area contributed by atoms with Crippen LogP contribution in [0.5, 0.6) is 0 Å². The first-order valence-electron chi connectivity index (χ1n) is 11.8. The quantitative estimate of drug-likeness (QED) is 0.619. The number of aliphatic hydroxyl groups is 1. The highest BCUT2D eigenvalue weighted by Crippen LogP contribution is 2.37. The van der Waals surface area contributed by atoms with Crippen molar-refractivity contribution in [3.63, 3.8) is 0 Å². The lowest BCUT2D eigenvalue weighted by Crippen LogP contribution is -2.53. The second-order valence-corrected chi connectivity index (χ2v) is 11.8. The van der Waals surface area contributed by atoms with Crippen LogP contribution in [0, 0.1) is 6.92 Å². The molecule has 0 bridgehead atoms. The van der Waals surface area contributed by atoms with Crippen molar-refractivity contribution in [2.75, 3.05) is 26.2 Å². The minimum absolute atomic E-state index is 0.0514. The second-order valence-electron chi connectivity index (χ2n) is 9.74. The fourth-order valence-corrected chi connectivity index (χ4v) is 5.94. The maximum absolute atomic E-state index is 13.2. The standard InChI is InChI=1S/C26H31N3O4S/c1-18-16-20(19-4-3-5-22(17-19)34(2,33)27-21-7-8-21)6-9-23(18)24(30)28-12-14-29(15-13-28)25(31)26(32)10-11-26/h3-6,9,16-17,21,32H,2,7-8,10-15H2,1H3,(H,27,33). The summed E-state index contributed by atoms with van der Waals surface area (Å²) in [6.07, 6.45) is 3.13. The zero-order valence-corrected chi connectivity index (χ0v) is 20.3. The highest BCUT2D eigenvalue weighted by molar-refractivity contribution is 7.98. The maximum atomic E-state index is 13.2. The Kier molecular flexibility index (Phi) is 5.78. The van der Waals surface area contributed by atoms with E-state index >= 15 is 0 Å². The highest BCUT2D eigenvalue weighted by Gasteiger charge is 2.50. The van der Waals surface area contributed by atoms with E-state index < -0.39 is 15.3 Å². The van der Waals surface area contributed by atoms with Crippen molar-refractivity contribution >= 4 is 27.4 Å². The van der Waals surface area contributed by atoms with Crippen LogP contribution in [-0.2, 0) is 14.5 Å². The topological polar surface area (TPSA) is 90.0 Å². The van der Waals surface area contributed by atoms with Crippen LogP contribution in [0.15, 0.2) is 47.4 Å². The van der Waals surface area contributed by atoms with Gasteiger partial charge < -0.3 is 14.9 Å². The van der Waals surface area contributed by atoms with Crippen molar-refractivity contribution in [1.29, 1.82) is 0 Å². The Balaban J connectivity index is 1.28. The van der Waals surface area contributed by atoms with Gasteiger partial charge in [-0.2, -0.15) is 0 Å². The largest absolute Gasteiger partial charge is 0.380 e. The van der Waals surface area contributed by atoms with E-state index in [-0.39, 0.29) is 11.8 Å². The molecule has 3 fully saturated rings. The normalized spacial score (nSPS) is 21.1. The van der Waals surface area contributed by atoms with Crippen molar-refractivity contribution in [3.8, 4) is 11.1 Å². The fourth-order valence-electron chi connectivity index (χ4n) is 4.41. The third kappa shape index (κ3) is 4.62. The molecular formula is C26H31N3O4S. The SMILES string of the molecule is C=S(=O)(NC1CC1)c1cccc(-c2ccc(C(=O)N3CCN(C(=O)C4(O)CC4)CC3)c(C)c2)c1. The number of aryl methyl sites for hydroxylation is 1. The van der Waals surface area contributed by atoms with Crippen LogP contribution in [-0.4, -0.2) is 74.6 Å². The summed E-state index contributed by atoms with van der Waals surface area (Å²) in [5.74, 6) is 3.66. The number of carbonyl (C=O) groups excluding carboxylic acids is 2. The molecular weight excluding hydrogens is 450 g/mol. The molecule has 1 heterocycles. The molecule has 8 heteroatoms. The third-order valence-electron chi connectivity index (χ3n) is 6.92. The van der Waals surface area contributed by atoms with Gasteiger partial charge in [0.1, 0.15) is 5.60 Å². The summed E-state index contributed by atoms with van der Waals surface area (Å²) < 4.78 is 16.2. The van der Waals surface area contributed by atoms with E-state index in [0.29, 0.717) is 55.5 Å². The molecule has 2 amide bonds. The zero-order chi connectivity index (χ0) is 24.1. The average molecular weight is 482 g/mol. The molecule has 1 unspecified atom stereocenters. The van der Waals surface area contributed by atoms with Gasteiger partial charge in [-0.05, 0) is 73.4 Å². The molecule has 0 radical (unpaired) electrons. The van der Waals surface area contributed by atoms with Crippen molar-refractivity contribution in [2.45, 2.75) is 49.1 Å². The summed E-state index contributed by atoms with van der Waals surface area (Å²) in [5, 5.41) is 10.1. The molecule has 2 aliphatic carbocycles. The number of nitrogens with zero attached hydrogens (tertiary/aromatic N) is 2. The monoisotopic (exact) mass is 481 g/mol. The molecule has 34 heavy (non-hydrogen) atoms. The van der Waals surface area contributed by atoms with Gasteiger partial charge in [0, 0.05) is 42.7 Å². The van der Waals surface area contributed by atoms with Crippen LogP contribution in [0.2, 0.25) is 0 Å². The van der Waals surface area contributed by atoms with Crippen LogP contribution in [0.1, 0.15) is 41.6 Å². The Labute approximate surface area is 200 Å². The second kappa shape index (κ2) is 8.52. The number of rotatable bonds is 6.